The molecule has 0 unspecified atom stereocenters. The van der Waals surface area contributed by atoms with Gasteiger partial charge in [-0.05, 0) is 59.6 Å². The van der Waals surface area contributed by atoms with Gasteiger partial charge in [0.25, 0.3) is 0 Å². The zero-order chi connectivity index (χ0) is 14.9. The van der Waals surface area contributed by atoms with Crippen LogP contribution < -0.4 is 5.32 Å². The molecule has 2 nitrogen and oxygen atoms in total. The average Bonchev–Trinajstić information content (AvgIpc) is 3.17. The number of benzene rings is 2. The second kappa shape index (κ2) is 5.98. The van der Waals surface area contributed by atoms with Crippen molar-refractivity contribution in [3.63, 3.8) is 0 Å². The summed E-state index contributed by atoms with van der Waals surface area (Å²) in [6.45, 7) is 4.44. The van der Waals surface area contributed by atoms with Gasteiger partial charge < -0.3 is 5.32 Å². The van der Waals surface area contributed by atoms with Gasteiger partial charge in [0.05, 0.1) is 0 Å². The lowest BCUT2D eigenvalue weighted by atomic mass is 10.1. The number of nitrogens with zero attached hydrogens (tertiary/aromatic N) is 1. The first-order valence-electron chi connectivity index (χ1n) is 8.05. The molecular formula is C19H22N2S. The summed E-state index contributed by atoms with van der Waals surface area (Å²) in [5, 5.41) is 3.48. The van der Waals surface area contributed by atoms with Gasteiger partial charge in [0, 0.05) is 36.8 Å². The number of fused-ring (bicyclic) bond motifs is 2. The topological polar surface area (TPSA) is 15.3 Å². The molecule has 2 aromatic rings. The van der Waals surface area contributed by atoms with E-state index in [9.17, 15) is 0 Å². The van der Waals surface area contributed by atoms with Crippen LogP contribution in [0.4, 0.5) is 5.69 Å². The van der Waals surface area contributed by atoms with Crippen LogP contribution in [0.3, 0.4) is 0 Å². The molecule has 0 aliphatic carbocycles. The summed E-state index contributed by atoms with van der Waals surface area (Å²) in [6.07, 6.45) is 4.46. The first-order chi connectivity index (χ1) is 10.8. The Bertz CT molecular complexity index is 696. The fraction of sp³-hybridized carbons (Fsp3) is 0.368. The van der Waals surface area contributed by atoms with Gasteiger partial charge >= 0.3 is 0 Å². The van der Waals surface area contributed by atoms with Crippen molar-refractivity contribution in [3.8, 4) is 0 Å². The van der Waals surface area contributed by atoms with Gasteiger partial charge in [-0.1, -0.05) is 18.2 Å². The van der Waals surface area contributed by atoms with Crippen molar-refractivity contribution in [1.82, 2.24) is 4.90 Å². The number of hydrogen-bond acceptors (Lipinski definition) is 3. The van der Waals surface area contributed by atoms with Gasteiger partial charge in [-0.2, -0.15) is 0 Å². The fourth-order valence-electron chi connectivity index (χ4n) is 3.51. The normalized spacial score (nSPS) is 16.4. The van der Waals surface area contributed by atoms with Crippen LogP contribution >= 0.6 is 11.8 Å². The third-order valence-corrected chi connectivity index (χ3v) is 5.53. The van der Waals surface area contributed by atoms with E-state index in [-0.39, 0.29) is 0 Å². The van der Waals surface area contributed by atoms with Crippen molar-refractivity contribution in [2.24, 2.45) is 0 Å². The van der Waals surface area contributed by atoms with Gasteiger partial charge in [0.1, 0.15) is 0 Å². The van der Waals surface area contributed by atoms with Gasteiger partial charge in [0.2, 0.25) is 0 Å². The van der Waals surface area contributed by atoms with Crippen LogP contribution in [-0.2, 0) is 25.9 Å². The molecule has 114 valence electrons. The molecule has 2 aromatic carbocycles. The minimum Gasteiger partial charge on any atom is -0.384 e. The fourth-order valence-corrected chi connectivity index (χ4v) is 3.97. The Morgan fingerprint density at radius 3 is 2.82 bits per heavy atom. The van der Waals surface area contributed by atoms with Crippen molar-refractivity contribution < 1.29 is 0 Å². The molecule has 0 amide bonds. The molecule has 4 rings (SSSR count). The third kappa shape index (κ3) is 2.75. The van der Waals surface area contributed by atoms with Crippen molar-refractivity contribution in [2.75, 3.05) is 24.7 Å². The molecule has 1 N–H and O–H groups in total. The maximum Gasteiger partial charge on any atom is 0.0376 e. The van der Waals surface area contributed by atoms with E-state index in [4.69, 9.17) is 0 Å². The van der Waals surface area contributed by atoms with Crippen LogP contribution in [0, 0.1) is 0 Å². The Balaban J connectivity index is 1.39. The highest BCUT2D eigenvalue weighted by molar-refractivity contribution is 7.98. The lowest BCUT2D eigenvalue weighted by molar-refractivity contribution is 0.288. The molecule has 2 heterocycles. The molecule has 2 aliphatic rings. The summed E-state index contributed by atoms with van der Waals surface area (Å²) in [5.74, 6) is 0. The molecule has 0 fully saturated rings. The molecule has 0 spiro atoms. The van der Waals surface area contributed by atoms with E-state index < -0.39 is 0 Å². The largest absolute Gasteiger partial charge is 0.384 e. The molecule has 0 aromatic heterocycles. The molecule has 3 heteroatoms. The van der Waals surface area contributed by atoms with E-state index in [1.54, 1.807) is 0 Å². The second-order valence-corrected chi connectivity index (χ2v) is 7.14. The number of thioether (sulfide) groups is 1. The molecule has 0 saturated carbocycles. The first kappa shape index (κ1) is 14.2. The SMILES string of the molecule is CSc1ccc2c(c1)CN(CCc1ccc3c(c1)NCC3)C2. The number of nitrogens with one attached hydrogen (secondary N) is 1. The van der Waals surface area contributed by atoms with Gasteiger partial charge in [-0.3, -0.25) is 4.90 Å². The molecule has 0 atom stereocenters. The predicted octanol–water partition coefficient (Wildman–Crippen LogP) is 3.93. The first-order valence-corrected chi connectivity index (χ1v) is 9.28. The highest BCUT2D eigenvalue weighted by atomic mass is 32.2. The summed E-state index contributed by atoms with van der Waals surface area (Å²) in [6, 6.07) is 13.9. The lowest BCUT2D eigenvalue weighted by Gasteiger charge is -2.15. The highest BCUT2D eigenvalue weighted by Crippen LogP contribution is 2.28. The standard InChI is InChI=1S/C19H22N2S/c1-22-18-5-4-16-12-21(13-17(16)11-18)9-7-14-2-3-15-6-8-20-19(15)10-14/h2-5,10-11,20H,6-9,12-13H2,1H3. The monoisotopic (exact) mass is 310 g/mol. The molecule has 0 bridgehead atoms. The summed E-state index contributed by atoms with van der Waals surface area (Å²) in [4.78, 5) is 3.94. The van der Waals surface area contributed by atoms with E-state index in [1.165, 1.54) is 39.3 Å². The van der Waals surface area contributed by atoms with E-state index >= 15 is 0 Å². The minimum absolute atomic E-state index is 1.10. The van der Waals surface area contributed by atoms with Crippen molar-refractivity contribution in [3.05, 3.63) is 58.7 Å². The summed E-state index contributed by atoms with van der Waals surface area (Å²) >= 11 is 1.83. The Morgan fingerprint density at radius 2 is 1.91 bits per heavy atom. The zero-order valence-corrected chi connectivity index (χ0v) is 13.9. The van der Waals surface area contributed by atoms with Crippen LogP contribution in [0.2, 0.25) is 0 Å². The average molecular weight is 310 g/mol. The zero-order valence-electron chi connectivity index (χ0n) is 13.1. The van der Waals surface area contributed by atoms with Crippen molar-refractivity contribution >= 4 is 17.4 Å². The number of hydrogen-bond donors (Lipinski definition) is 1. The molecule has 2 aliphatic heterocycles. The van der Waals surface area contributed by atoms with E-state index in [0.29, 0.717) is 0 Å². The smallest absolute Gasteiger partial charge is 0.0376 e. The summed E-state index contributed by atoms with van der Waals surface area (Å²) < 4.78 is 0. The Labute approximate surface area is 136 Å². The molecular weight excluding hydrogens is 288 g/mol. The predicted molar refractivity (Wildman–Crippen MR) is 94.7 cm³/mol. The van der Waals surface area contributed by atoms with E-state index in [1.807, 2.05) is 11.8 Å². The summed E-state index contributed by atoms with van der Waals surface area (Å²) in [5.41, 5.74) is 7.30. The molecule has 0 saturated heterocycles. The van der Waals surface area contributed by atoms with Crippen LogP contribution in [0.15, 0.2) is 41.3 Å². The molecule has 22 heavy (non-hydrogen) atoms. The van der Waals surface area contributed by atoms with Gasteiger partial charge in [-0.15, -0.1) is 11.8 Å². The summed E-state index contributed by atoms with van der Waals surface area (Å²) in [7, 11) is 0. The van der Waals surface area contributed by atoms with Crippen molar-refractivity contribution in [2.45, 2.75) is 30.8 Å². The Hall–Kier alpha value is -1.45. The third-order valence-electron chi connectivity index (χ3n) is 4.80. The Kier molecular flexibility index (Phi) is 3.85. The van der Waals surface area contributed by atoms with E-state index in [0.717, 1.165) is 32.6 Å². The number of rotatable bonds is 4. The second-order valence-electron chi connectivity index (χ2n) is 6.26. The van der Waals surface area contributed by atoms with Crippen LogP contribution in [-0.4, -0.2) is 24.2 Å². The van der Waals surface area contributed by atoms with Crippen LogP contribution in [0.25, 0.3) is 0 Å². The van der Waals surface area contributed by atoms with Gasteiger partial charge in [0.15, 0.2) is 0 Å². The maximum absolute atomic E-state index is 3.48. The maximum atomic E-state index is 3.48. The van der Waals surface area contributed by atoms with E-state index in [2.05, 4.69) is 52.9 Å². The number of anilines is 1. The minimum atomic E-state index is 1.10. The van der Waals surface area contributed by atoms with Gasteiger partial charge in [-0.25, -0.2) is 0 Å². The van der Waals surface area contributed by atoms with Crippen LogP contribution in [0.5, 0.6) is 0 Å². The van der Waals surface area contributed by atoms with Crippen LogP contribution in [0.1, 0.15) is 22.3 Å². The quantitative estimate of drug-likeness (QED) is 0.861. The Morgan fingerprint density at radius 1 is 1.05 bits per heavy atom. The molecule has 0 radical (unpaired) electrons. The van der Waals surface area contributed by atoms with Crippen molar-refractivity contribution in [1.29, 1.82) is 0 Å². The lowest BCUT2D eigenvalue weighted by Crippen LogP contribution is -2.19. The highest BCUT2D eigenvalue weighted by Gasteiger charge is 2.19.